The molecule has 0 aliphatic rings. The fraction of sp³-hybridized carbons (Fsp3) is 0.467. The average molecular weight is 202 g/mol. The van der Waals surface area contributed by atoms with Crippen LogP contribution < -0.4 is 0 Å². The summed E-state index contributed by atoms with van der Waals surface area (Å²) in [5.74, 6) is 1.36. The Hall–Kier alpha value is -1.04. The first-order valence-electron chi connectivity index (χ1n) is 5.86. The maximum atomic E-state index is 2.28. The molecule has 0 nitrogen and oxygen atoms in total. The van der Waals surface area contributed by atoms with Gasteiger partial charge in [0.2, 0.25) is 0 Å². The lowest BCUT2D eigenvalue weighted by molar-refractivity contribution is 0.665. The molecule has 0 heteroatoms. The van der Waals surface area contributed by atoms with Gasteiger partial charge in [0.15, 0.2) is 0 Å². The highest BCUT2D eigenvalue weighted by Gasteiger charge is 1.98. The summed E-state index contributed by atoms with van der Waals surface area (Å²) in [6.07, 6.45) is 5.65. The molecule has 0 heterocycles. The van der Waals surface area contributed by atoms with E-state index in [4.69, 9.17) is 0 Å². The van der Waals surface area contributed by atoms with E-state index in [-0.39, 0.29) is 0 Å². The molecule has 0 amide bonds. The third kappa shape index (κ3) is 4.33. The molecule has 1 aromatic rings. The molecule has 0 N–H and O–H groups in total. The van der Waals surface area contributed by atoms with Crippen LogP contribution in [0.15, 0.2) is 30.3 Å². The Balaban J connectivity index is 2.69. The minimum absolute atomic E-state index is 0.614. The Bertz CT molecular complexity index is 319. The van der Waals surface area contributed by atoms with Gasteiger partial charge in [0.1, 0.15) is 0 Å². The quantitative estimate of drug-likeness (QED) is 0.653. The molecule has 82 valence electrons. The molecule has 0 aromatic heterocycles. The molecule has 0 saturated carbocycles. The van der Waals surface area contributed by atoms with Gasteiger partial charge in [0.25, 0.3) is 0 Å². The van der Waals surface area contributed by atoms with Crippen molar-refractivity contribution in [3.63, 3.8) is 0 Å². The predicted octanol–water partition coefficient (Wildman–Crippen LogP) is 4.87. The van der Waals surface area contributed by atoms with Crippen LogP contribution in [0.2, 0.25) is 0 Å². The second-order valence-corrected chi connectivity index (χ2v) is 4.86. The average Bonchev–Trinajstić information content (AvgIpc) is 2.17. The summed E-state index contributed by atoms with van der Waals surface area (Å²) in [5, 5.41) is 0. The molecule has 0 bridgehead atoms. The van der Waals surface area contributed by atoms with Crippen LogP contribution in [-0.2, 0) is 0 Å². The number of benzene rings is 1. The fourth-order valence-electron chi connectivity index (χ4n) is 1.50. The fourth-order valence-corrected chi connectivity index (χ4v) is 1.50. The van der Waals surface area contributed by atoms with Crippen LogP contribution >= 0.6 is 0 Å². The Kier molecular flexibility index (Phi) is 4.61. The van der Waals surface area contributed by atoms with Gasteiger partial charge in [-0.25, -0.2) is 0 Å². The van der Waals surface area contributed by atoms with E-state index >= 15 is 0 Å². The summed E-state index contributed by atoms with van der Waals surface area (Å²) in [7, 11) is 0. The van der Waals surface area contributed by atoms with Gasteiger partial charge < -0.3 is 0 Å². The van der Waals surface area contributed by atoms with Crippen LogP contribution in [0.4, 0.5) is 0 Å². The van der Waals surface area contributed by atoms with Gasteiger partial charge in [0, 0.05) is 0 Å². The molecule has 0 aliphatic heterocycles. The van der Waals surface area contributed by atoms with Gasteiger partial charge >= 0.3 is 0 Å². The minimum Gasteiger partial charge on any atom is -0.0837 e. The van der Waals surface area contributed by atoms with Gasteiger partial charge in [-0.05, 0) is 29.4 Å². The third-order valence-corrected chi connectivity index (χ3v) is 2.50. The van der Waals surface area contributed by atoms with Crippen molar-refractivity contribution in [2.75, 3.05) is 0 Å². The first-order valence-corrected chi connectivity index (χ1v) is 5.86. The smallest absolute Gasteiger partial charge is 0.0219 e. The Morgan fingerprint density at radius 2 is 1.87 bits per heavy atom. The van der Waals surface area contributed by atoms with Gasteiger partial charge in [0.05, 0.1) is 0 Å². The SMILES string of the molecule is CC(C)CC=Cc1cccc(C(C)C)c1. The van der Waals surface area contributed by atoms with Gasteiger partial charge in [-0.2, -0.15) is 0 Å². The molecule has 0 aliphatic carbocycles. The molecule has 0 fully saturated rings. The van der Waals surface area contributed by atoms with Crippen molar-refractivity contribution in [1.29, 1.82) is 0 Å². The monoisotopic (exact) mass is 202 g/mol. The summed E-state index contributed by atoms with van der Waals surface area (Å²) < 4.78 is 0. The normalized spacial score (nSPS) is 11.9. The lowest BCUT2D eigenvalue weighted by Gasteiger charge is -2.05. The number of allylic oxidation sites excluding steroid dienone is 1. The van der Waals surface area contributed by atoms with Crippen molar-refractivity contribution >= 4 is 6.08 Å². The number of hydrogen-bond donors (Lipinski definition) is 0. The van der Waals surface area contributed by atoms with E-state index in [0.717, 1.165) is 12.3 Å². The van der Waals surface area contributed by atoms with Crippen molar-refractivity contribution in [1.82, 2.24) is 0 Å². The van der Waals surface area contributed by atoms with E-state index in [1.807, 2.05) is 0 Å². The second kappa shape index (κ2) is 5.75. The minimum atomic E-state index is 0.614. The van der Waals surface area contributed by atoms with Crippen molar-refractivity contribution in [2.24, 2.45) is 5.92 Å². The molecule has 0 radical (unpaired) electrons. The highest BCUT2D eigenvalue weighted by molar-refractivity contribution is 5.50. The highest BCUT2D eigenvalue weighted by atomic mass is 14.0. The Labute approximate surface area is 94.0 Å². The molecule has 0 atom stereocenters. The zero-order valence-electron chi connectivity index (χ0n) is 10.3. The summed E-state index contributed by atoms with van der Waals surface area (Å²) in [6, 6.07) is 8.79. The highest BCUT2D eigenvalue weighted by Crippen LogP contribution is 2.16. The van der Waals surface area contributed by atoms with E-state index in [2.05, 4.69) is 64.1 Å². The molecular weight excluding hydrogens is 180 g/mol. The van der Waals surface area contributed by atoms with Crippen LogP contribution in [0.5, 0.6) is 0 Å². The second-order valence-electron chi connectivity index (χ2n) is 4.86. The Morgan fingerprint density at radius 3 is 2.47 bits per heavy atom. The lowest BCUT2D eigenvalue weighted by atomic mass is 10.0. The maximum Gasteiger partial charge on any atom is -0.0219 e. The van der Waals surface area contributed by atoms with Gasteiger partial charge in [-0.15, -0.1) is 0 Å². The number of rotatable bonds is 4. The van der Waals surface area contributed by atoms with Gasteiger partial charge in [-0.3, -0.25) is 0 Å². The molecule has 1 aromatic carbocycles. The Morgan fingerprint density at radius 1 is 1.13 bits per heavy atom. The number of hydrogen-bond acceptors (Lipinski definition) is 0. The van der Waals surface area contributed by atoms with Crippen molar-refractivity contribution < 1.29 is 0 Å². The largest absolute Gasteiger partial charge is 0.0837 e. The summed E-state index contributed by atoms with van der Waals surface area (Å²) in [4.78, 5) is 0. The zero-order chi connectivity index (χ0) is 11.3. The standard InChI is InChI=1S/C15H22/c1-12(2)7-5-8-14-9-6-10-15(11-14)13(3)4/h5-6,8-13H,7H2,1-4H3. The summed E-state index contributed by atoms with van der Waals surface area (Å²) >= 11 is 0. The summed E-state index contributed by atoms with van der Waals surface area (Å²) in [5.41, 5.74) is 2.74. The molecule has 1 rings (SSSR count). The van der Waals surface area contributed by atoms with Crippen LogP contribution in [0, 0.1) is 5.92 Å². The zero-order valence-corrected chi connectivity index (χ0v) is 10.3. The van der Waals surface area contributed by atoms with Crippen LogP contribution in [0.25, 0.3) is 6.08 Å². The van der Waals surface area contributed by atoms with Crippen molar-refractivity contribution in [3.8, 4) is 0 Å². The van der Waals surface area contributed by atoms with E-state index in [1.165, 1.54) is 11.1 Å². The van der Waals surface area contributed by atoms with Gasteiger partial charge in [-0.1, -0.05) is 64.1 Å². The topological polar surface area (TPSA) is 0 Å². The van der Waals surface area contributed by atoms with E-state index in [9.17, 15) is 0 Å². The first kappa shape index (κ1) is 12.0. The van der Waals surface area contributed by atoms with Crippen LogP contribution in [-0.4, -0.2) is 0 Å². The van der Waals surface area contributed by atoms with Crippen LogP contribution in [0.3, 0.4) is 0 Å². The summed E-state index contributed by atoms with van der Waals surface area (Å²) in [6.45, 7) is 8.96. The van der Waals surface area contributed by atoms with E-state index in [1.54, 1.807) is 0 Å². The maximum absolute atomic E-state index is 2.28. The molecule has 15 heavy (non-hydrogen) atoms. The van der Waals surface area contributed by atoms with Crippen LogP contribution in [0.1, 0.15) is 51.2 Å². The third-order valence-electron chi connectivity index (χ3n) is 2.50. The van der Waals surface area contributed by atoms with E-state index in [0.29, 0.717) is 5.92 Å². The molecule has 0 spiro atoms. The first-order chi connectivity index (χ1) is 7.09. The lowest BCUT2D eigenvalue weighted by Crippen LogP contribution is -1.87. The van der Waals surface area contributed by atoms with Crippen molar-refractivity contribution in [3.05, 3.63) is 41.5 Å². The molecular formula is C15H22. The van der Waals surface area contributed by atoms with Crippen molar-refractivity contribution in [2.45, 2.75) is 40.0 Å². The van der Waals surface area contributed by atoms with E-state index < -0.39 is 0 Å². The predicted molar refractivity (Wildman–Crippen MR) is 69.0 cm³/mol. The molecule has 0 unspecified atom stereocenters. The molecule has 0 saturated heterocycles.